The van der Waals surface area contributed by atoms with E-state index >= 15 is 0 Å². The summed E-state index contributed by atoms with van der Waals surface area (Å²) >= 11 is 0. The van der Waals surface area contributed by atoms with E-state index in [1.165, 1.54) is 26.2 Å². The van der Waals surface area contributed by atoms with E-state index in [2.05, 4.69) is 0 Å². The van der Waals surface area contributed by atoms with Crippen molar-refractivity contribution in [1.82, 2.24) is 4.90 Å². The minimum Gasteiger partial charge on any atom is -0.497 e. The van der Waals surface area contributed by atoms with Crippen molar-refractivity contribution in [3.63, 3.8) is 0 Å². The maximum absolute atomic E-state index is 13.5. The van der Waals surface area contributed by atoms with Crippen LogP contribution in [0.3, 0.4) is 0 Å². The molecular weight excluding hydrogens is 414 g/mol. The van der Waals surface area contributed by atoms with Crippen LogP contribution >= 0.6 is 0 Å². The van der Waals surface area contributed by atoms with Gasteiger partial charge in [-0.05, 0) is 30.0 Å². The van der Waals surface area contributed by atoms with Crippen molar-refractivity contribution in [3.8, 4) is 11.5 Å². The summed E-state index contributed by atoms with van der Waals surface area (Å²) in [5.74, 6) is 0.611. The van der Waals surface area contributed by atoms with E-state index in [0.717, 1.165) is 0 Å². The molecule has 0 saturated carbocycles. The van der Waals surface area contributed by atoms with E-state index in [1.54, 1.807) is 25.1 Å². The first-order valence-corrected chi connectivity index (χ1v) is 10.3. The molecule has 0 unspecified atom stereocenters. The van der Waals surface area contributed by atoms with E-state index in [4.69, 9.17) is 18.6 Å². The molecule has 1 aromatic carbocycles. The van der Waals surface area contributed by atoms with Crippen LogP contribution in [0, 0.1) is 12.3 Å². The lowest BCUT2D eigenvalue weighted by Crippen LogP contribution is -2.36. The fraction of sp³-hybridized carbons (Fsp3) is 0.458. The summed E-state index contributed by atoms with van der Waals surface area (Å²) in [7, 11) is 4.33. The van der Waals surface area contributed by atoms with Crippen molar-refractivity contribution in [3.05, 3.63) is 46.4 Å². The van der Waals surface area contributed by atoms with Crippen LogP contribution in [0.1, 0.15) is 58.1 Å². The van der Waals surface area contributed by atoms with Crippen LogP contribution < -0.4 is 9.47 Å². The van der Waals surface area contributed by atoms with Gasteiger partial charge >= 0.3 is 5.97 Å². The van der Waals surface area contributed by atoms with Crippen LogP contribution in [0.25, 0.3) is 0 Å². The first-order valence-electron chi connectivity index (χ1n) is 10.3. The molecule has 1 aliphatic carbocycles. The van der Waals surface area contributed by atoms with Crippen LogP contribution in [0.4, 0.5) is 0 Å². The van der Waals surface area contributed by atoms with E-state index < -0.39 is 11.9 Å². The fourth-order valence-corrected chi connectivity index (χ4v) is 4.03. The Morgan fingerprint density at radius 2 is 1.69 bits per heavy atom. The Morgan fingerprint density at radius 1 is 1.06 bits per heavy atom. The van der Waals surface area contributed by atoms with Crippen molar-refractivity contribution in [2.24, 2.45) is 5.41 Å². The Morgan fingerprint density at radius 3 is 2.25 bits per heavy atom. The van der Waals surface area contributed by atoms with E-state index in [0.29, 0.717) is 46.8 Å². The molecule has 1 heterocycles. The zero-order valence-electron chi connectivity index (χ0n) is 19.4. The molecule has 32 heavy (non-hydrogen) atoms. The Hall–Kier alpha value is -3.29. The summed E-state index contributed by atoms with van der Waals surface area (Å²) in [5, 5.41) is 0. The van der Waals surface area contributed by atoms with Gasteiger partial charge in [0.25, 0.3) is 5.91 Å². The zero-order valence-corrected chi connectivity index (χ0v) is 19.4. The van der Waals surface area contributed by atoms with E-state index in [9.17, 15) is 14.4 Å². The second-order valence-corrected chi connectivity index (χ2v) is 8.75. The minimum absolute atomic E-state index is 0.0337. The number of amides is 1. The molecule has 8 heteroatoms. The lowest BCUT2D eigenvalue weighted by Gasteiger charge is -2.27. The van der Waals surface area contributed by atoms with Crippen LogP contribution in [0.5, 0.6) is 11.5 Å². The molecule has 8 nitrogen and oxygen atoms in total. The Bertz CT molecular complexity index is 1030. The molecule has 0 aliphatic heterocycles. The van der Waals surface area contributed by atoms with E-state index in [-0.39, 0.29) is 30.0 Å². The molecule has 0 saturated heterocycles. The second-order valence-electron chi connectivity index (χ2n) is 8.75. The molecule has 0 fully saturated rings. The smallest absolute Gasteiger partial charge is 0.325 e. The highest BCUT2D eigenvalue weighted by molar-refractivity contribution is 6.04. The molecule has 0 bridgehead atoms. The number of furan rings is 1. The number of methoxy groups -OCH3 is 3. The number of Topliss-reactive ketones (excluding diaryl/α,β-unsaturated/α-hetero) is 1. The number of carbonyl (C=O) groups excluding carboxylic acids is 3. The summed E-state index contributed by atoms with van der Waals surface area (Å²) in [4.78, 5) is 39.6. The Kier molecular flexibility index (Phi) is 6.62. The molecule has 3 rings (SSSR count). The van der Waals surface area contributed by atoms with Gasteiger partial charge in [-0.15, -0.1) is 0 Å². The number of rotatable bonds is 7. The third-order valence-corrected chi connectivity index (χ3v) is 5.59. The predicted molar refractivity (Wildman–Crippen MR) is 116 cm³/mol. The quantitative estimate of drug-likeness (QED) is 0.604. The summed E-state index contributed by atoms with van der Waals surface area (Å²) in [6.07, 6.45) is 0.954. The van der Waals surface area contributed by atoms with Crippen LogP contribution in [0.15, 0.2) is 22.6 Å². The second kappa shape index (κ2) is 9.06. The molecular formula is C24H29NO7. The van der Waals surface area contributed by atoms with Gasteiger partial charge in [0.15, 0.2) is 11.5 Å². The van der Waals surface area contributed by atoms with Gasteiger partial charge in [0.2, 0.25) is 0 Å². The maximum Gasteiger partial charge on any atom is 0.325 e. The minimum atomic E-state index is -0.570. The summed E-state index contributed by atoms with van der Waals surface area (Å²) in [6.45, 7) is 5.50. The van der Waals surface area contributed by atoms with E-state index in [1.807, 2.05) is 13.8 Å². The van der Waals surface area contributed by atoms with Crippen molar-refractivity contribution < 1.29 is 33.0 Å². The van der Waals surface area contributed by atoms with Gasteiger partial charge in [-0.2, -0.15) is 0 Å². The number of carbonyl (C=O) groups is 3. The summed E-state index contributed by atoms with van der Waals surface area (Å²) < 4.78 is 21.3. The predicted octanol–water partition coefficient (Wildman–Crippen LogP) is 3.58. The maximum atomic E-state index is 13.5. The number of fused-ring (bicyclic) bond motifs is 1. The third-order valence-electron chi connectivity index (χ3n) is 5.59. The first-order chi connectivity index (χ1) is 15.1. The highest BCUT2D eigenvalue weighted by atomic mass is 16.5. The highest BCUT2D eigenvalue weighted by Crippen LogP contribution is 2.38. The van der Waals surface area contributed by atoms with Crippen LogP contribution in [-0.2, 0) is 22.5 Å². The average Bonchev–Trinajstić information content (AvgIpc) is 3.07. The van der Waals surface area contributed by atoms with Crippen LogP contribution in [0.2, 0.25) is 0 Å². The van der Waals surface area contributed by atoms with Crippen molar-refractivity contribution in [1.29, 1.82) is 0 Å². The van der Waals surface area contributed by atoms with Crippen molar-refractivity contribution >= 4 is 17.7 Å². The molecule has 2 aromatic rings. The average molecular weight is 443 g/mol. The first kappa shape index (κ1) is 23.4. The van der Waals surface area contributed by atoms with Crippen molar-refractivity contribution in [2.45, 2.75) is 40.2 Å². The monoisotopic (exact) mass is 443 g/mol. The Labute approximate surface area is 187 Å². The van der Waals surface area contributed by atoms with Crippen molar-refractivity contribution in [2.75, 3.05) is 27.9 Å². The molecule has 1 amide bonds. The molecule has 1 aromatic heterocycles. The summed E-state index contributed by atoms with van der Waals surface area (Å²) in [6, 6.07) is 5.23. The lowest BCUT2D eigenvalue weighted by atomic mass is 9.76. The fourth-order valence-electron chi connectivity index (χ4n) is 4.03. The number of ketones is 1. The topological polar surface area (TPSA) is 95.3 Å². The molecule has 0 spiro atoms. The number of hydrogen-bond donors (Lipinski definition) is 0. The Balaban J connectivity index is 1.98. The molecule has 0 atom stereocenters. The molecule has 172 valence electrons. The number of nitrogens with zero attached hydrogens (tertiary/aromatic N) is 1. The van der Waals surface area contributed by atoms with Gasteiger partial charge in [0, 0.05) is 31.0 Å². The number of benzene rings is 1. The molecule has 0 N–H and O–H groups in total. The lowest BCUT2D eigenvalue weighted by molar-refractivity contribution is -0.141. The number of ether oxygens (including phenoxy) is 3. The van der Waals surface area contributed by atoms with Crippen LogP contribution in [-0.4, -0.2) is 50.4 Å². The zero-order chi connectivity index (χ0) is 23.6. The number of esters is 1. The molecule has 0 radical (unpaired) electrons. The van der Waals surface area contributed by atoms with Gasteiger partial charge in [-0.1, -0.05) is 13.8 Å². The van der Waals surface area contributed by atoms with Gasteiger partial charge in [0.05, 0.1) is 26.9 Å². The van der Waals surface area contributed by atoms with Gasteiger partial charge in [-0.3, -0.25) is 14.4 Å². The largest absolute Gasteiger partial charge is 0.497 e. The third kappa shape index (κ3) is 4.79. The van der Waals surface area contributed by atoms with Gasteiger partial charge in [0.1, 0.15) is 23.8 Å². The standard InChI is InChI=1S/C24H29NO7/c1-14-21-18(26)10-24(2,3)11-19(21)32-22(14)23(28)25(13-20(27)31-6)12-15-7-16(29-4)9-17(8-15)30-5/h7-9H,10-13H2,1-6H3. The normalized spacial score (nSPS) is 14.5. The van der Waals surface area contributed by atoms with Gasteiger partial charge in [-0.25, -0.2) is 0 Å². The number of hydrogen-bond acceptors (Lipinski definition) is 7. The summed E-state index contributed by atoms with van der Waals surface area (Å²) in [5.41, 5.74) is 1.44. The van der Waals surface area contributed by atoms with Gasteiger partial charge < -0.3 is 23.5 Å². The highest BCUT2D eigenvalue weighted by Gasteiger charge is 2.38. The molecule has 1 aliphatic rings. The SMILES string of the molecule is COC(=O)CN(Cc1cc(OC)cc(OC)c1)C(=O)c1oc2c(c1C)C(=O)CC(C)(C)C2.